The smallest absolute Gasteiger partial charge is 0.391 e. The van der Waals surface area contributed by atoms with Gasteiger partial charge in [-0.05, 0) is 38.0 Å². The highest BCUT2D eigenvalue weighted by molar-refractivity contribution is 6.11. The van der Waals surface area contributed by atoms with Gasteiger partial charge in [0.05, 0.1) is 31.1 Å². The summed E-state index contributed by atoms with van der Waals surface area (Å²) in [7, 11) is 1.25. The van der Waals surface area contributed by atoms with Crippen LogP contribution in [0, 0.1) is 5.92 Å². The summed E-state index contributed by atoms with van der Waals surface area (Å²) in [5.41, 5.74) is 1.92. The van der Waals surface area contributed by atoms with E-state index in [0.717, 1.165) is 25.0 Å². The number of carbonyl (C=O) groups is 2. The number of amides is 1. The molecule has 1 fully saturated rings. The van der Waals surface area contributed by atoms with Crippen LogP contribution in [0.3, 0.4) is 0 Å². The Morgan fingerprint density at radius 3 is 2.64 bits per heavy atom. The fourth-order valence-electron chi connectivity index (χ4n) is 4.31. The van der Waals surface area contributed by atoms with Gasteiger partial charge in [-0.1, -0.05) is 12.5 Å². The van der Waals surface area contributed by atoms with E-state index in [1.165, 1.54) is 20.2 Å². The fraction of sp³-hybridized carbons (Fsp3) is 0.440. The van der Waals surface area contributed by atoms with Crippen molar-refractivity contribution in [3.63, 3.8) is 0 Å². The lowest BCUT2D eigenvalue weighted by Crippen LogP contribution is -2.29. The Morgan fingerprint density at radius 2 is 2.03 bits per heavy atom. The highest BCUT2D eigenvalue weighted by atomic mass is 19.4. The van der Waals surface area contributed by atoms with Crippen molar-refractivity contribution in [1.82, 2.24) is 14.5 Å². The normalized spacial score (nSPS) is 14.8. The minimum absolute atomic E-state index is 0.129. The Balaban J connectivity index is 1.76. The minimum Gasteiger partial charge on any atom is -0.464 e. The maximum atomic E-state index is 12.9. The highest BCUT2D eigenvalue weighted by Gasteiger charge is 2.32. The molecule has 1 saturated carbocycles. The number of nitrogens with one attached hydrogen (secondary N) is 2. The number of alkyl halides is 3. The van der Waals surface area contributed by atoms with Gasteiger partial charge in [0.2, 0.25) is 5.91 Å². The zero-order valence-corrected chi connectivity index (χ0v) is 20.1. The summed E-state index contributed by atoms with van der Waals surface area (Å²) in [5, 5.41) is 6.14. The number of methoxy groups -OCH3 is 1. The Hall–Kier alpha value is -3.63. The number of fused-ring (bicyclic) bond motifs is 1. The molecule has 0 aromatic carbocycles. The van der Waals surface area contributed by atoms with Gasteiger partial charge in [-0.2, -0.15) is 13.2 Å². The zero-order chi connectivity index (χ0) is 25.9. The van der Waals surface area contributed by atoms with Crippen LogP contribution in [0.4, 0.5) is 24.5 Å². The predicted molar refractivity (Wildman–Crippen MR) is 129 cm³/mol. The van der Waals surface area contributed by atoms with Crippen LogP contribution in [0.25, 0.3) is 11.0 Å². The largest absolute Gasteiger partial charge is 0.464 e. The molecule has 4 rings (SSSR count). The van der Waals surface area contributed by atoms with Crippen molar-refractivity contribution in [2.75, 3.05) is 17.7 Å². The van der Waals surface area contributed by atoms with Crippen molar-refractivity contribution < 1.29 is 27.5 Å². The second kappa shape index (κ2) is 10.5. The minimum atomic E-state index is -4.32. The van der Waals surface area contributed by atoms with E-state index in [-0.39, 0.29) is 23.2 Å². The number of halogens is 3. The summed E-state index contributed by atoms with van der Waals surface area (Å²) in [6.45, 7) is 1.75. The molecule has 0 saturated heterocycles. The van der Waals surface area contributed by atoms with Gasteiger partial charge in [0.25, 0.3) is 0 Å². The van der Waals surface area contributed by atoms with Crippen molar-refractivity contribution in [3.05, 3.63) is 48.0 Å². The van der Waals surface area contributed by atoms with Crippen LogP contribution in [0.15, 0.2) is 36.7 Å². The molecule has 36 heavy (non-hydrogen) atoms. The summed E-state index contributed by atoms with van der Waals surface area (Å²) in [6.07, 6.45) is 0.719. The van der Waals surface area contributed by atoms with E-state index >= 15 is 0 Å². The zero-order valence-electron chi connectivity index (χ0n) is 20.1. The lowest BCUT2D eigenvalue weighted by Gasteiger charge is -2.24. The standard InChI is InChI=1S/C25H28F3N5O3/c1-15(13-25(26,27)28)31-18-12-19-20(32-23(34)16-6-5-7-16)21(24(35)36-2)33(22(19)30-14-18)11-9-17-8-3-4-10-29-17/h3-4,8,10,12,14-16,31H,5-7,9,11,13H2,1-2H3,(H,32,34). The molecule has 11 heteroatoms. The first-order valence-electron chi connectivity index (χ1n) is 11.8. The SMILES string of the molecule is COC(=O)c1c(NC(=O)C2CCC2)c2cc(NC(C)CC(F)(F)F)cnc2n1CCc1ccccn1. The molecule has 1 aliphatic carbocycles. The summed E-state index contributed by atoms with van der Waals surface area (Å²) in [4.78, 5) is 34.6. The lowest BCUT2D eigenvalue weighted by molar-refractivity contribution is -0.136. The molecular weight excluding hydrogens is 475 g/mol. The number of aromatic nitrogens is 3. The molecular formula is C25H28F3N5O3. The van der Waals surface area contributed by atoms with Gasteiger partial charge in [-0.3, -0.25) is 9.78 Å². The van der Waals surface area contributed by atoms with Crippen LogP contribution in [0.5, 0.6) is 0 Å². The lowest BCUT2D eigenvalue weighted by atomic mass is 9.85. The number of aryl methyl sites for hydroxylation is 2. The van der Waals surface area contributed by atoms with Crippen molar-refractivity contribution in [3.8, 4) is 0 Å². The Kier molecular flexibility index (Phi) is 7.46. The molecule has 3 heterocycles. The molecule has 0 bridgehead atoms. The molecule has 1 aliphatic rings. The van der Waals surface area contributed by atoms with E-state index in [1.807, 2.05) is 12.1 Å². The molecule has 2 N–H and O–H groups in total. The molecule has 0 aliphatic heterocycles. The third-order valence-electron chi connectivity index (χ3n) is 6.27. The first kappa shape index (κ1) is 25.5. The van der Waals surface area contributed by atoms with Gasteiger partial charge in [-0.15, -0.1) is 0 Å². The maximum Gasteiger partial charge on any atom is 0.391 e. The van der Waals surface area contributed by atoms with Gasteiger partial charge in [0.1, 0.15) is 5.65 Å². The van der Waals surface area contributed by atoms with E-state index in [9.17, 15) is 22.8 Å². The molecule has 3 aromatic rings. The van der Waals surface area contributed by atoms with E-state index in [0.29, 0.717) is 29.7 Å². The second-order valence-corrected chi connectivity index (χ2v) is 9.01. The molecule has 192 valence electrons. The number of carbonyl (C=O) groups excluding carboxylic acids is 2. The summed E-state index contributed by atoms with van der Waals surface area (Å²) in [5.74, 6) is -1.01. The maximum absolute atomic E-state index is 12.9. The molecule has 1 amide bonds. The number of pyridine rings is 2. The summed E-state index contributed by atoms with van der Waals surface area (Å²) >= 11 is 0. The van der Waals surface area contributed by atoms with Crippen LogP contribution in [0.2, 0.25) is 0 Å². The van der Waals surface area contributed by atoms with Gasteiger partial charge in [-0.25, -0.2) is 9.78 Å². The van der Waals surface area contributed by atoms with E-state index in [2.05, 4.69) is 20.6 Å². The number of hydrogen-bond donors (Lipinski definition) is 2. The van der Waals surface area contributed by atoms with E-state index < -0.39 is 24.6 Å². The number of ether oxygens (including phenoxy) is 1. The first-order valence-corrected chi connectivity index (χ1v) is 11.8. The first-order chi connectivity index (χ1) is 17.2. The van der Waals surface area contributed by atoms with E-state index in [1.54, 1.807) is 22.9 Å². The van der Waals surface area contributed by atoms with Gasteiger partial charge in [0.15, 0.2) is 5.69 Å². The van der Waals surface area contributed by atoms with Crippen molar-refractivity contribution in [2.45, 2.75) is 57.8 Å². The number of hydrogen-bond acceptors (Lipinski definition) is 6. The highest BCUT2D eigenvalue weighted by Crippen LogP contribution is 2.35. The third-order valence-corrected chi connectivity index (χ3v) is 6.27. The van der Waals surface area contributed by atoms with Crippen LogP contribution in [-0.2, 0) is 22.5 Å². The van der Waals surface area contributed by atoms with E-state index in [4.69, 9.17) is 4.74 Å². The van der Waals surface area contributed by atoms with Crippen molar-refractivity contribution >= 4 is 34.3 Å². The molecule has 3 aromatic heterocycles. The molecule has 8 nitrogen and oxygen atoms in total. The van der Waals surface area contributed by atoms with Crippen molar-refractivity contribution in [2.24, 2.45) is 5.92 Å². The summed E-state index contributed by atoms with van der Waals surface area (Å²) in [6, 6.07) is 6.23. The third kappa shape index (κ3) is 5.77. The molecule has 1 atom stereocenters. The average Bonchev–Trinajstić information content (AvgIpc) is 3.07. The topological polar surface area (TPSA) is 98.1 Å². The summed E-state index contributed by atoms with van der Waals surface area (Å²) < 4.78 is 45.2. The number of esters is 1. The number of anilines is 2. The quantitative estimate of drug-likeness (QED) is 0.401. The van der Waals surface area contributed by atoms with Gasteiger partial charge < -0.3 is 19.9 Å². The van der Waals surface area contributed by atoms with Crippen LogP contribution < -0.4 is 10.6 Å². The predicted octanol–water partition coefficient (Wildman–Crippen LogP) is 4.95. The molecule has 0 spiro atoms. The van der Waals surface area contributed by atoms with Crippen LogP contribution in [-0.4, -0.2) is 45.7 Å². The number of rotatable bonds is 9. The second-order valence-electron chi connectivity index (χ2n) is 9.01. The molecule has 0 radical (unpaired) electrons. The number of nitrogens with zero attached hydrogens (tertiary/aromatic N) is 3. The Morgan fingerprint density at radius 1 is 1.25 bits per heavy atom. The van der Waals surface area contributed by atoms with Gasteiger partial charge >= 0.3 is 12.1 Å². The van der Waals surface area contributed by atoms with Crippen LogP contribution >= 0.6 is 0 Å². The Bertz CT molecular complexity index is 1240. The average molecular weight is 504 g/mol. The molecule has 1 unspecified atom stereocenters. The monoisotopic (exact) mass is 503 g/mol. The van der Waals surface area contributed by atoms with Gasteiger partial charge in [0, 0.05) is 42.2 Å². The fourth-order valence-corrected chi connectivity index (χ4v) is 4.31. The van der Waals surface area contributed by atoms with Crippen LogP contribution in [0.1, 0.15) is 48.8 Å². The van der Waals surface area contributed by atoms with Crippen molar-refractivity contribution in [1.29, 1.82) is 0 Å². The Labute approximate surface area is 206 Å².